The van der Waals surface area contributed by atoms with Crippen LogP contribution in [-0.4, -0.2) is 18.0 Å². The molecule has 0 spiro atoms. The summed E-state index contributed by atoms with van der Waals surface area (Å²) in [5, 5.41) is 11.5. The number of hydrogen-bond acceptors (Lipinski definition) is 3. The average molecular weight is 479 g/mol. The number of anilines is 1. The van der Waals surface area contributed by atoms with Crippen LogP contribution < -0.4 is 10.2 Å². The standard InChI is InChI=1S/C23H15F6N3O2/c24-22(25,26)14-2-1-3-16(8-14)32-17-9-15(23(27,28)29)10-18(33)19(17)20(31-21(32)34)13-6-4-12(11-30)5-7-13/h1-8,15,20H,9-10H2,(H,31,34). The number of ketones is 1. The maximum absolute atomic E-state index is 13.6. The third-order valence-electron chi connectivity index (χ3n) is 5.78. The number of allylic oxidation sites excluding steroid dienone is 1. The second kappa shape index (κ2) is 8.20. The summed E-state index contributed by atoms with van der Waals surface area (Å²) in [5.74, 6) is -2.95. The largest absolute Gasteiger partial charge is 0.416 e. The second-order valence-electron chi connectivity index (χ2n) is 7.93. The fraction of sp³-hybridized carbons (Fsp3) is 0.261. The maximum atomic E-state index is 13.6. The molecule has 1 aliphatic heterocycles. The third kappa shape index (κ3) is 4.23. The number of carbonyl (C=O) groups excluding carboxylic acids is 2. The molecule has 2 aliphatic rings. The zero-order valence-corrected chi connectivity index (χ0v) is 17.2. The van der Waals surface area contributed by atoms with Crippen LogP contribution in [0.5, 0.6) is 0 Å². The smallest absolute Gasteiger partial charge is 0.326 e. The number of rotatable bonds is 2. The highest BCUT2D eigenvalue weighted by molar-refractivity contribution is 6.06. The predicted octanol–water partition coefficient (Wildman–Crippen LogP) is 5.64. The van der Waals surface area contributed by atoms with Gasteiger partial charge >= 0.3 is 18.4 Å². The summed E-state index contributed by atoms with van der Waals surface area (Å²) >= 11 is 0. The van der Waals surface area contributed by atoms with Gasteiger partial charge < -0.3 is 5.32 Å². The summed E-state index contributed by atoms with van der Waals surface area (Å²) in [6, 6.07) is 9.19. The number of benzene rings is 2. The number of hydrogen-bond donors (Lipinski definition) is 1. The molecule has 0 saturated heterocycles. The Morgan fingerprint density at radius 2 is 1.65 bits per heavy atom. The Labute approximate surface area is 189 Å². The van der Waals surface area contributed by atoms with Crippen LogP contribution in [0.3, 0.4) is 0 Å². The number of Topliss-reactive ketones (excluding diaryl/α,β-unsaturated/α-hetero) is 1. The number of alkyl halides is 6. The van der Waals surface area contributed by atoms with E-state index in [-0.39, 0.29) is 22.5 Å². The quantitative estimate of drug-likeness (QED) is 0.567. The van der Waals surface area contributed by atoms with Crippen molar-refractivity contribution in [2.24, 2.45) is 5.92 Å². The topological polar surface area (TPSA) is 73.2 Å². The van der Waals surface area contributed by atoms with Crippen LogP contribution in [-0.2, 0) is 11.0 Å². The lowest BCUT2D eigenvalue weighted by Gasteiger charge is -2.41. The highest BCUT2D eigenvalue weighted by atomic mass is 19.4. The molecule has 176 valence electrons. The fourth-order valence-corrected chi connectivity index (χ4v) is 4.16. The highest BCUT2D eigenvalue weighted by Crippen LogP contribution is 2.46. The summed E-state index contributed by atoms with van der Waals surface area (Å²) in [7, 11) is 0. The summed E-state index contributed by atoms with van der Waals surface area (Å²) in [6.07, 6.45) is -11.1. The lowest BCUT2D eigenvalue weighted by atomic mass is 9.79. The van der Waals surface area contributed by atoms with Gasteiger partial charge in [0, 0.05) is 24.1 Å². The van der Waals surface area contributed by atoms with Gasteiger partial charge in [0.2, 0.25) is 0 Å². The first-order valence-electron chi connectivity index (χ1n) is 10.0. The van der Waals surface area contributed by atoms with Crippen LogP contribution in [0.2, 0.25) is 0 Å². The van der Waals surface area contributed by atoms with Crippen LogP contribution in [0.15, 0.2) is 59.8 Å². The molecule has 4 rings (SSSR count). The molecule has 0 bridgehead atoms. The summed E-state index contributed by atoms with van der Waals surface area (Å²) < 4.78 is 80.4. The Bertz CT molecular complexity index is 1220. The number of amides is 2. The number of nitrogens with one attached hydrogen (secondary N) is 1. The van der Waals surface area contributed by atoms with Crippen LogP contribution >= 0.6 is 0 Å². The molecule has 1 aliphatic carbocycles. The lowest BCUT2D eigenvalue weighted by Crippen LogP contribution is -2.51. The average Bonchev–Trinajstić information content (AvgIpc) is 2.77. The Morgan fingerprint density at radius 3 is 2.24 bits per heavy atom. The molecule has 2 amide bonds. The van der Waals surface area contributed by atoms with Crippen LogP contribution in [0.1, 0.15) is 35.6 Å². The van der Waals surface area contributed by atoms with E-state index in [1.54, 1.807) is 0 Å². The van der Waals surface area contributed by atoms with Crippen LogP contribution in [0.25, 0.3) is 0 Å². The van der Waals surface area contributed by atoms with Gasteiger partial charge in [-0.2, -0.15) is 31.6 Å². The van der Waals surface area contributed by atoms with Gasteiger partial charge in [0.1, 0.15) is 0 Å². The van der Waals surface area contributed by atoms with E-state index >= 15 is 0 Å². The first-order chi connectivity index (χ1) is 15.9. The van der Waals surface area contributed by atoms with Crippen molar-refractivity contribution in [1.29, 1.82) is 5.26 Å². The van der Waals surface area contributed by atoms with E-state index in [0.717, 1.165) is 18.2 Å². The minimum absolute atomic E-state index is 0.123. The molecule has 0 radical (unpaired) electrons. The van der Waals surface area contributed by atoms with Gasteiger partial charge in [0.05, 0.1) is 34.8 Å². The van der Waals surface area contributed by atoms with E-state index < -0.39 is 54.5 Å². The monoisotopic (exact) mass is 479 g/mol. The molecule has 1 heterocycles. The number of nitrogens with zero attached hydrogens (tertiary/aromatic N) is 2. The molecule has 1 N–H and O–H groups in total. The third-order valence-corrected chi connectivity index (χ3v) is 5.78. The fourth-order valence-electron chi connectivity index (χ4n) is 4.16. The Hall–Kier alpha value is -3.81. The molecule has 2 unspecified atom stereocenters. The maximum Gasteiger partial charge on any atom is 0.416 e. The van der Waals surface area contributed by atoms with E-state index in [0.29, 0.717) is 16.5 Å². The van der Waals surface area contributed by atoms with Gasteiger partial charge in [0.15, 0.2) is 5.78 Å². The van der Waals surface area contributed by atoms with Gasteiger partial charge in [-0.25, -0.2) is 4.79 Å². The second-order valence-corrected chi connectivity index (χ2v) is 7.93. The molecule has 2 aromatic carbocycles. The molecular weight excluding hydrogens is 464 g/mol. The van der Waals surface area contributed by atoms with E-state index in [2.05, 4.69) is 5.32 Å². The molecule has 0 saturated carbocycles. The van der Waals surface area contributed by atoms with Gasteiger partial charge in [-0.3, -0.25) is 9.69 Å². The van der Waals surface area contributed by atoms with E-state index in [4.69, 9.17) is 5.26 Å². The van der Waals surface area contributed by atoms with Crippen molar-refractivity contribution >= 4 is 17.5 Å². The minimum Gasteiger partial charge on any atom is -0.326 e. The Kier molecular flexibility index (Phi) is 5.63. The Balaban J connectivity index is 1.88. The normalized spacial score (nSPS) is 21.1. The zero-order valence-electron chi connectivity index (χ0n) is 17.2. The van der Waals surface area contributed by atoms with Crippen LogP contribution in [0.4, 0.5) is 36.8 Å². The zero-order chi connectivity index (χ0) is 24.8. The SMILES string of the molecule is N#Cc1ccc(C2NC(=O)N(c3cccc(C(F)(F)F)c3)C3=C2C(=O)CC(C(F)(F)F)C3)cc1. The van der Waals surface area contributed by atoms with Gasteiger partial charge in [-0.15, -0.1) is 0 Å². The number of carbonyl (C=O) groups is 2. The number of urea groups is 1. The molecule has 2 atom stereocenters. The van der Waals surface area contributed by atoms with Gasteiger partial charge in [-0.05, 0) is 35.9 Å². The van der Waals surface area contributed by atoms with Crippen molar-refractivity contribution < 1.29 is 35.9 Å². The highest BCUT2D eigenvalue weighted by Gasteiger charge is 2.49. The van der Waals surface area contributed by atoms with Crippen molar-refractivity contribution in [3.05, 3.63) is 76.5 Å². The Morgan fingerprint density at radius 1 is 0.971 bits per heavy atom. The van der Waals surface area contributed by atoms with E-state index in [9.17, 15) is 35.9 Å². The first-order valence-corrected chi connectivity index (χ1v) is 10.0. The summed E-state index contributed by atoms with van der Waals surface area (Å²) in [5.41, 5.74) is -1.18. The predicted molar refractivity (Wildman–Crippen MR) is 107 cm³/mol. The summed E-state index contributed by atoms with van der Waals surface area (Å²) in [6.45, 7) is 0. The van der Waals surface area contributed by atoms with E-state index in [1.165, 1.54) is 24.3 Å². The minimum atomic E-state index is -4.75. The van der Waals surface area contributed by atoms with Crippen molar-refractivity contribution in [3.63, 3.8) is 0 Å². The summed E-state index contributed by atoms with van der Waals surface area (Å²) in [4.78, 5) is 26.7. The molecule has 0 aromatic heterocycles. The van der Waals surface area contributed by atoms with Crippen LogP contribution in [0, 0.1) is 17.2 Å². The molecule has 2 aromatic rings. The van der Waals surface area contributed by atoms with Crippen molar-refractivity contribution in [3.8, 4) is 6.07 Å². The molecule has 11 heteroatoms. The molecule has 34 heavy (non-hydrogen) atoms. The number of halogens is 6. The lowest BCUT2D eigenvalue weighted by molar-refractivity contribution is -0.179. The van der Waals surface area contributed by atoms with Gasteiger partial charge in [0.25, 0.3) is 0 Å². The first kappa shape index (κ1) is 23.4. The molecular formula is C23H15F6N3O2. The molecule has 0 fully saturated rings. The van der Waals surface area contributed by atoms with Crippen molar-refractivity contribution in [1.82, 2.24) is 5.32 Å². The molecule has 5 nitrogen and oxygen atoms in total. The van der Waals surface area contributed by atoms with Gasteiger partial charge in [-0.1, -0.05) is 18.2 Å². The van der Waals surface area contributed by atoms with E-state index in [1.807, 2.05) is 6.07 Å². The van der Waals surface area contributed by atoms with Crippen molar-refractivity contribution in [2.45, 2.75) is 31.2 Å². The number of nitriles is 1. The van der Waals surface area contributed by atoms with Crippen molar-refractivity contribution in [2.75, 3.05) is 4.90 Å².